The lowest BCUT2D eigenvalue weighted by atomic mass is 10.0. The van der Waals surface area contributed by atoms with Gasteiger partial charge in [-0.05, 0) is 13.3 Å². The van der Waals surface area contributed by atoms with E-state index >= 15 is 0 Å². The van der Waals surface area contributed by atoms with Crippen LogP contribution in [0.2, 0.25) is 0 Å². The molecule has 1 aromatic rings. The van der Waals surface area contributed by atoms with Crippen LogP contribution in [0.25, 0.3) is 0 Å². The first-order valence-electron chi connectivity index (χ1n) is 6.08. The fourth-order valence-corrected chi connectivity index (χ4v) is 1.95. The summed E-state index contributed by atoms with van der Waals surface area (Å²) in [4.78, 5) is 10.6. The summed E-state index contributed by atoms with van der Waals surface area (Å²) in [6, 6.07) is 6.94. The van der Waals surface area contributed by atoms with Crippen molar-refractivity contribution in [1.29, 1.82) is 0 Å². The van der Waals surface area contributed by atoms with Crippen molar-refractivity contribution in [2.45, 2.75) is 32.4 Å². The highest BCUT2D eigenvalue weighted by Gasteiger charge is 2.19. The molecule has 1 rings (SSSR count). The maximum atomic E-state index is 11.0. The number of nitro benzene ring substituents is 1. The van der Waals surface area contributed by atoms with E-state index in [-0.39, 0.29) is 22.7 Å². The lowest BCUT2D eigenvalue weighted by molar-refractivity contribution is -0.385. The molecule has 2 unspecified atom stereocenters. The SMILES string of the molecule is CCC(COC)NC(C)c1ccccc1[N+](=O)[O-]. The minimum atomic E-state index is -0.342. The van der Waals surface area contributed by atoms with Gasteiger partial charge in [0.15, 0.2) is 0 Å². The maximum absolute atomic E-state index is 11.0. The highest BCUT2D eigenvalue weighted by molar-refractivity contribution is 5.41. The highest BCUT2D eigenvalue weighted by atomic mass is 16.6. The Hall–Kier alpha value is -1.46. The van der Waals surface area contributed by atoms with Gasteiger partial charge in [0.2, 0.25) is 0 Å². The molecule has 1 N–H and O–H groups in total. The van der Waals surface area contributed by atoms with E-state index in [0.29, 0.717) is 12.2 Å². The molecule has 18 heavy (non-hydrogen) atoms. The van der Waals surface area contributed by atoms with Crippen molar-refractivity contribution in [2.75, 3.05) is 13.7 Å². The topological polar surface area (TPSA) is 64.4 Å². The minimum Gasteiger partial charge on any atom is -0.383 e. The summed E-state index contributed by atoms with van der Waals surface area (Å²) in [5, 5.41) is 14.3. The first kappa shape index (κ1) is 14.6. The van der Waals surface area contributed by atoms with E-state index in [1.807, 2.05) is 13.0 Å². The van der Waals surface area contributed by atoms with E-state index in [9.17, 15) is 10.1 Å². The number of nitrogens with one attached hydrogen (secondary N) is 1. The molecule has 0 aliphatic carbocycles. The molecule has 0 radical (unpaired) electrons. The lowest BCUT2D eigenvalue weighted by Gasteiger charge is -2.21. The second-order valence-corrected chi connectivity index (χ2v) is 4.26. The molecule has 1 aromatic carbocycles. The molecule has 2 atom stereocenters. The molecule has 100 valence electrons. The van der Waals surface area contributed by atoms with Gasteiger partial charge in [-0.15, -0.1) is 0 Å². The Morgan fingerprint density at radius 2 is 2.11 bits per heavy atom. The number of methoxy groups -OCH3 is 1. The zero-order valence-corrected chi connectivity index (χ0v) is 11.1. The van der Waals surface area contributed by atoms with Crippen molar-refractivity contribution >= 4 is 5.69 Å². The van der Waals surface area contributed by atoms with Gasteiger partial charge >= 0.3 is 0 Å². The van der Waals surface area contributed by atoms with Crippen molar-refractivity contribution in [1.82, 2.24) is 5.32 Å². The molecule has 0 aromatic heterocycles. The third-order valence-corrected chi connectivity index (χ3v) is 2.95. The van der Waals surface area contributed by atoms with Crippen LogP contribution in [0, 0.1) is 10.1 Å². The van der Waals surface area contributed by atoms with Gasteiger partial charge in [0.1, 0.15) is 0 Å². The van der Waals surface area contributed by atoms with E-state index in [1.54, 1.807) is 19.2 Å². The number of hydrogen-bond donors (Lipinski definition) is 1. The number of benzene rings is 1. The predicted octanol–water partition coefficient (Wildman–Crippen LogP) is 2.67. The van der Waals surface area contributed by atoms with E-state index in [4.69, 9.17) is 4.74 Å². The Bertz CT molecular complexity index is 396. The molecule has 0 saturated heterocycles. The van der Waals surface area contributed by atoms with Crippen LogP contribution >= 0.6 is 0 Å². The number of para-hydroxylation sites is 1. The van der Waals surface area contributed by atoms with Crippen LogP contribution in [0.15, 0.2) is 24.3 Å². The summed E-state index contributed by atoms with van der Waals surface area (Å²) >= 11 is 0. The van der Waals surface area contributed by atoms with Crippen LogP contribution in [-0.2, 0) is 4.74 Å². The van der Waals surface area contributed by atoms with E-state index in [1.165, 1.54) is 6.07 Å². The second kappa shape index (κ2) is 7.08. The minimum absolute atomic E-state index is 0.0771. The van der Waals surface area contributed by atoms with Crippen LogP contribution in [0.3, 0.4) is 0 Å². The summed E-state index contributed by atoms with van der Waals surface area (Å²) in [5.41, 5.74) is 0.863. The Morgan fingerprint density at radius 3 is 2.67 bits per heavy atom. The molecule has 0 heterocycles. The van der Waals surface area contributed by atoms with Crippen LogP contribution < -0.4 is 5.32 Å². The number of nitro groups is 1. The Balaban J connectivity index is 2.83. The molecular weight excluding hydrogens is 232 g/mol. The van der Waals surface area contributed by atoms with Gasteiger partial charge in [0, 0.05) is 30.8 Å². The Morgan fingerprint density at radius 1 is 1.44 bits per heavy atom. The fourth-order valence-electron chi connectivity index (χ4n) is 1.95. The normalized spacial score (nSPS) is 14.2. The van der Waals surface area contributed by atoms with Gasteiger partial charge in [0.25, 0.3) is 5.69 Å². The smallest absolute Gasteiger partial charge is 0.274 e. The van der Waals surface area contributed by atoms with E-state index in [2.05, 4.69) is 12.2 Å². The molecule has 5 nitrogen and oxygen atoms in total. The molecule has 0 aliphatic rings. The third kappa shape index (κ3) is 3.78. The van der Waals surface area contributed by atoms with Gasteiger partial charge in [-0.25, -0.2) is 0 Å². The fraction of sp³-hybridized carbons (Fsp3) is 0.538. The van der Waals surface area contributed by atoms with Crippen molar-refractivity contribution in [3.8, 4) is 0 Å². The number of hydrogen-bond acceptors (Lipinski definition) is 4. The first-order valence-corrected chi connectivity index (χ1v) is 6.08. The highest BCUT2D eigenvalue weighted by Crippen LogP contribution is 2.24. The van der Waals surface area contributed by atoms with Crippen LogP contribution in [-0.4, -0.2) is 24.7 Å². The molecule has 0 saturated carbocycles. The molecule has 0 amide bonds. The maximum Gasteiger partial charge on any atom is 0.274 e. The predicted molar refractivity (Wildman–Crippen MR) is 70.6 cm³/mol. The largest absolute Gasteiger partial charge is 0.383 e. The van der Waals surface area contributed by atoms with Crippen molar-refractivity contribution in [2.24, 2.45) is 0 Å². The second-order valence-electron chi connectivity index (χ2n) is 4.26. The molecule has 0 bridgehead atoms. The van der Waals surface area contributed by atoms with Gasteiger partial charge < -0.3 is 10.1 Å². The van der Waals surface area contributed by atoms with Crippen molar-refractivity contribution < 1.29 is 9.66 Å². The average Bonchev–Trinajstić information content (AvgIpc) is 2.38. The van der Waals surface area contributed by atoms with Crippen molar-refractivity contribution in [3.63, 3.8) is 0 Å². The monoisotopic (exact) mass is 252 g/mol. The number of nitrogens with zero attached hydrogens (tertiary/aromatic N) is 1. The average molecular weight is 252 g/mol. The summed E-state index contributed by atoms with van der Waals surface area (Å²) in [7, 11) is 1.65. The summed E-state index contributed by atoms with van der Waals surface area (Å²) < 4.78 is 5.11. The van der Waals surface area contributed by atoms with Gasteiger partial charge in [-0.1, -0.05) is 25.1 Å². The van der Waals surface area contributed by atoms with Crippen LogP contribution in [0.5, 0.6) is 0 Å². The van der Waals surface area contributed by atoms with Crippen LogP contribution in [0.1, 0.15) is 31.9 Å². The third-order valence-electron chi connectivity index (χ3n) is 2.95. The van der Waals surface area contributed by atoms with E-state index < -0.39 is 0 Å². The molecule has 0 aliphatic heterocycles. The summed E-state index contributed by atoms with van der Waals surface area (Å²) in [6.07, 6.45) is 0.915. The zero-order chi connectivity index (χ0) is 13.5. The van der Waals surface area contributed by atoms with Crippen LogP contribution in [0.4, 0.5) is 5.69 Å². The number of rotatable bonds is 7. The Labute approximate surface area is 107 Å². The molecule has 0 spiro atoms. The van der Waals surface area contributed by atoms with Gasteiger partial charge in [0.05, 0.1) is 11.5 Å². The first-order chi connectivity index (χ1) is 8.60. The Kier molecular flexibility index (Phi) is 5.74. The van der Waals surface area contributed by atoms with Gasteiger partial charge in [-0.3, -0.25) is 10.1 Å². The quantitative estimate of drug-likeness (QED) is 0.598. The molecule has 0 fully saturated rings. The zero-order valence-electron chi connectivity index (χ0n) is 11.1. The van der Waals surface area contributed by atoms with E-state index in [0.717, 1.165) is 6.42 Å². The summed E-state index contributed by atoms with van der Waals surface area (Å²) in [6.45, 7) is 4.59. The summed E-state index contributed by atoms with van der Waals surface area (Å²) in [5.74, 6) is 0. The van der Waals surface area contributed by atoms with Crippen molar-refractivity contribution in [3.05, 3.63) is 39.9 Å². The lowest BCUT2D eigenvalue weighted by Crippen LogP contribution is -2.34. The standard InChI is InChI=1S/C13H20N2O3/c1-4-11(9-18-3)14-10(2)12-7-5-6-8-13(12)15(16)17/h5-8,10-11,14H,4,9H2,1-3H3. The number of ether oxygens (including phenoxy) is 1. The molecular formula is C13H20N2O3. The van der Waals surface area contributed by atoms with Gasteiger partial charge in [-0.2, -0.15) is 0 Å². The molecule has 5 heteroatoms.